The Morgan fingerprint density at radius 2 is 0.641 bits per heavy atom. The average molecular weight is 710 g/mol. The van der Waals surface area contributed by atoms with Crippen molar-refractivity contribution in [3.05, 3.63) is 48.5 Å². The van der Waals surface area contributed by atoms with Gasteiger partial charge in [-0.2, -0.15) is 0 Å². The zero-order valence-corrected chi connectivity index (χ0v) is 32.4. The zero-order valence-electron chi connectivity index (χ0n) is 27.6. The Morgan fingerprint density at radius 1 is 0.462 bits per heavy atom. The molecule has 0 aliphatic carbocycles. The molecule has 0 fully saturated rings. The van der Waals surface area contributed by atoms with Crippen molar-refractivity contribution in [3.63, 3.8) is 0 Å². The van der Waals surface area contributed by atoms with E-state index in [-0.39, 0.29) is 31.8 Å². The Labute approximate surface area is 261 Å². The molecule has 7 heteroatoms. The molecule has 0 atom stereocenters. The Kier molecular flexibility index (Phi) is 16.5. The van der Waals surface area contributed by atoms with Crippen molar-refractivity contribution < 1.29 is 25.7 Å². The van der Waals surface area contributed by atoms with Crippen molar-refractivity contribution in [2.75, 3.05) is 28.2 Å². The third-order valence-electron chi connectivity index (χ3n) is 6.09. The maximum absolute atomic E-state index is 4.81. The van der Waals surface area contributed by atoms with E-state index in [1.165, 1.54) is 31.8 Å². The number of rotatable bonds is 4. The van der Waals surface area contributed by atoms with Crippen molar-refractivity contribution in [3.8, 4) is 0 Å². The van der Waals surface area contributed by atoms with E-state index in [2.05, 4.69) is 160 Å². The van der Waals surface area contributed by atoms with Crippen LogP contribution in [0.15, 0.2) is 48.5 Å². The van der Waals surface area contributed by atoms with E-state index in [0.717, 1.165) is 0 Å². The molecule has 0 heterocycles. The normalized spacial score (nSPS) is 13.0. The summed E-state index contributed by atoms with van der Waals surface area (Å²) in [6.45, 7) is 28.4. The van der Waals surface area contributed by atoms with Gasteiger partial charge in [-0.25, -0.2) is 0 Å². The van der Waals surface area contributed by atoms with Crippen LogP contribution >= 0.6 is 34.9 Å². The van der Waals surface area contributed by atoms with Gasteiger partial charge >= 0.3 is 35.0 Å². The predicted molar refractivity (Wildman–Crippen MR) is 182 cm³/mol. The first-order chi connectivity index (χ1) is 17.5. The Hall–Kier alpha value is 0.462. The van der Waals surface area contributed by atoms with Gasteiger partial charge in [0.2, 0.25) is 0 Å². The molecule has 0 aromatic heterocycles. The van der Waals surface area contributed by atoms with Crippen LogP contribution in [-0.4, -0.2) is 48.8 Å². The van der Waals surface area contributed by atoms with E-state index < -0.39 is 0 Å². The average Bonchev–Trinajstić information content (AvgIpc) is 2.71. The van der Waals surface area contributed by atoms with Crippen molar-refractivity contribution in [1.29, 1.82) is 0 Å². The first-order valence-electron chi connectivity index (χ1n) is 13.7. The minimum absolute atomic E-state index is 0.106. The first-order valence-corrected chi connectivity index (χ1v) is 20.4. The van der Waals surface area contributed by atoms with Crippen LogP contribution in [0.2, 0.25) is 0 Å². The van der Waals surface area contributed by atoms with Crippen LogP contribution in [0.5, 0.6) is 0 Å². The number of halogens is 2. The molecular formula is C32H58Cl2N2P2Pd+2. The molecule has 2 N–H and O–H groups in total. The number of hydrogen-bond donors (Lipinski definition) is 2. The molecule has 0 saturated heterocycles. The molecule has 0 radical (unpaired) electrons. The second-order valence-electron chi connectivity index (χ2n) is 14.5. The van der Waals surface area contributed by atoms with E-state index in [0.29, 0.717) is 20.6 Å². The van der Waals surface area contributed by atoms with Gasteiger partial charge in [0.1, 0.15) is 11.4 Å². The minimum atomic E-state index is -0.179. The summed E-state index contributed by atoms with van der Waals surface area (Å²) in [4.78, 5) is 2.77. The molecule has 0 saturated carbocycles. The second-order valence-corrected chi connectivity index (χ2v) is 24.6. The van der Waals surface area contributed by atoms with E-state index in [1.807, 2.05) is 0 Å². The van der Waals surface area contributed by atoms with Gasteiger partial charge in [-0.15, -0.1) is 0 Å². The number of nitrogens with one attached hydrogen (secondary N) is 2. The monoisotopic (exact) mass is 708 g/mol. The first kappa shape index (κ1) is 39.5. The van der Waals surface area contributed by atoms with Crippen molar-refractivity contribution in [2.24, 2.45) is 0 Å². The van der Waals surface area contributed by atoms with E-state index in [4.69, 9.17) is 19.1 Å². The number of benzene rings is 2. The molecule has 0 aliphatic heterocycles. The molecule has 2 rings (SSSR count). The van der Waals surface area contributed by atoms with Crippen LogP contribution in [0.4, 0.5) is 11.4 Å². The molecule has 39 heavy (non-hydrogen) atoms. The predicted octanol–water partition coefficient (Wildman–Crippen LogP) is 7.71. The Bertz CT molecular complexity index is 843. The van der Waals surface area contributed by atoms with E-state index >= 15 is 0 Å². The number of hydrogen-bond acceptors (Lipinski definition) is 0. The third-order valence-corrected chi connectivity index (χ3v) is 13.1. The molecular weight excluding hydrogens is 652 g/mol. The summed E-state index contributed by atoms with van der Waals surface area (Å²) >= 11 is -0.106. The number of quaternary nitrogens is 2. The van der Waals surface area contributed by atoms with Crippen molar-refractivity contribution in [1.82, 2.24) is 0 Å². The summed E-state index contributed by atoms with van der Waals surface area (Å²) < 4.78 is 0. The summed E-state index contributed by atoms with van der Waals surface area (Å²) in [5.74, 6) is 0. The zero-order chi connectivity index (χ0) is 31.0. The van der Waals surface area contributed by atoms with Gasteiger partial charge in [0, 0.05) is 0 Å². The van der Waals surface area contributed by atoms with Gasteiger partial charge in [0.05, 0.1) is 28.2 Å². The van der Waals surface area contributed by atoms with Gasteiger partial charge < -0.3 is 9.80 Å². The third kappa shape index (κ3) is 14.0. The fourth-order valence-electron chi connectivity index (χ4n) is 5.45. The van der Waals surface area contributed by atoms with Gasteiger partial charge in [-0.3, -0.25) is 0 Å². The quantitative estimate of drug-likeness (QED) is 0.238. The summed E-state index contributed by atoms with van der Waals surface area (Å²) in [5.41, 5.74) is 2.72. The second kappa shape index (κ2) is 16.3. The molecule has 2 nitrogen and oxygen atoms in total. The molecule has 2 aromatic carbocycles. The van der Waals surface area contributed by atoms with Gasteiger partial charge in [0.15, 0.2) is 0 Å². The Balaban J connectivity index is 0.000000673. The summed E-state index contributed by atoms with van der Waals surface area (Å²) in [6.07, 6.45) is 0. The molecule has 0 unspecified atom stereocenters. The molecule has 0 aliphatic rings. The fraction of sp³-hybridized carbons (Fsp3) is 0.625. The molecule has 0 bridgehead atoms. The molecule has 0 amide bonds. The van der Waals surface area contributed by atoms with Crippen LogP contribution < -0.4 is 20.4 Å². The fourth-order valence-corrected chi connectivity index (χ4v) is 13.5. The molecule has 228 valence electrons. The standard InChI is InChI=1S/2C16H28NP.2ClH.Pd/c2*1-15(2,3)18(16(4,5)6)14-11-9-13(10-12-14)17(7)8;;;/h2*9-12H,1-8H3;2*1H;/q;;;;+2. The van der Waals surface area contributed by atoms with Gasteiger partial charge in [-0.05, 0) is 79.8 Å². The van der Waals surface area contributed by atoms with E-state index in [9.17, 15) is 0 Å². The molecule has 2 aromatic rings. The van der Waals surface area contributed by atoms with Crippen molar-refractivity contribution in [2.45, 2.75) is 104 Å². The summed E-state index contributed by atoms with van der Waals surface area (Å²) in [7, 11) is 18.0. The van der Waals surface area contributed by atoms with Gasteiger partial charge in [-0.1, -0.05) is 98.9 Å². The van der Waals surface area contributed by atoms with Crippen LogP contribution in [0.1, 0.15) is 83.1 Å². The van der Waals surface area contributed by atoms with Crippen LogP contribution in [0.25, 0.3) is 0 Å². The van der Waals surface area contributed by atoms with Gasteiger partial charge in [0.25, 0.3) is 0 Å². The SMILES string of the molecule is C[NH+](C)c1ccc(P(C(C)(C)C)C(C)(C)C)cc1.C[NH+](C)c1ccc(P(C(C)(C)C)C(C)(C)C)cc1.[Cl][Pd][Cl]. The molecule has 0 spiro atoms. The maximum atomic E-state index is 4.81. The van der Waals surface area contributed by atoms with Crippen molar-refractivity contribution >= 4 is 56.9 Å². The Morgan fingerprint density at radius 3 is 0.769 bits per heavy atom. The van der Waals surface area contributed by atoms with Crippen LogP contribution in [-0.2, 0) is 15.9 Å². The topological polar surface area (TPSA) is 8.88 Å². The van der Waals surface area contributed by atoms with Crippen LogP contribution in [0, 0.1) is 0 Å². The van der Waals surface area contributed by atoms with E-state index in [1.54, 1.807) is 0 Å². The summed E-state index contributed by atoms with van der Waals surface area (Å²) in [5, 5.41) is 4.44. The summed E-state index contributed by atoms with van der Waals surface area (Å²) in [6, 6.07) is 18.5. The van der Waals surface area contributed by atoms with Crippen LogP contribution in [0.3, 0.4) is 0 Å².